The lowest BCUT2D eigenvalue weighted by atomic mass is 10.1. The summed E-state index contributed by atoms with van der Waals surface area (Å²) in [6.07, 6.45) is 0.780. The number of nitrogens with one attached hydrogen (secondary N) is 1. The quantitative estimate of drug-likeness (QED) is 0.633. The van der Waals surface area contributed by atoms with Crippen LogP contribution in [0, 0.1) is 6.92 Å². The predicted molar refractivity (Wildman–Crippen MR) is 125 cm³/mol. The number of sulfonamides is 1. The van der Waals surface area contributed by atoms with Gasteiger partial charge in [0.25, 0.3) is 0 Å². The summed E-state index contributed by atoms with van der Waals surface area (Å²) in [5.74, 6) is 1.40. The molecule has 2 aromatic rings. The molecule has 9 heteroatoms. The van der Waals surface area contributed by atoms with Crippen molar-refractivity contribution >= 4 is 27.4 Å². The Bertz CT molecular complexity index is 1000. The number of nitrogens with zero attached hydrogens (tertiary/aromatic N) is 2. The second kappa shape index (κ2) is 10.3. The summed E-state index contributed by atoms with van der Waals surface area (Å²) < 4.78 is 37.8. The lowest BCUT2D eigenvalue weighted by Crippen LogP contribution is -2.53. The molecule has 0 amide bonds. The minimum atomic E-state index is -3.47. The van der Waals surface area contributed by atoms with E-state index in [1.807, 2.05) is 42.2 Å². The number of methoxy groups -OCH3 is 2. The van der Waals surface area contributed by atoms with E-state index in [1.165, 1.54) is 4.31 Å². The van der Waals surface area contributed by atoms with Gasteiger partial charge in [0.2, 0.25) is 10.0 Å². The van der Waals surface area contributed by atoms with Gasteiger partial charge >= 0.3 is 0 Å². The van der Waals surface area contributed by atoms with Crippen LogP contribution < -0.4 is 14.8 Å². The van der Waals surface area contributed by atoms with Gasteiger partial charge < -0.3 is 19.7 Å². The zero-order valence-corrected chi connectivity index (χ0v) is 19.8. The highest BCUT2D eigenvalue weighted by Crippen LogP contribution is 2.27. The van der Waals surface area contributed by atoms with Crippen molar-refractivity contribution in [1.29, 1.82) is 0 Å². The van der Waals surface area contributed by atoms with Crippen molar-refractivity contribution in [2.24, 2.45) is 0 Å². The largest absolute Gasteiger partial charge is 0.493 e. The van der Waals surface area contributed by atoms with Crippen molar-refractivity contribution < 1.29 is 17.9 Å². The van der Waals surface area contributed by atoms with Crippen molar-refractivity contribution in [2.45, 2.75) is 18.2 Å². The van der Waals surface area contributed by atoms with Crippen LogP contribution in [0.4, 0.5) is 0 Å². The topological polar surface area (TPSA) is 71.1 Å². The third kappa shape index (κ3) is 5.66. The van der Waals surface area contributed by atoms with E-state index in [1.54, 1.807) is 26.4 Å². The molecule has 0 saturated carbocycles. The van der Waals surface area contributed by atoms with Crippen molar-refractivity contribution in [3.05, 3.63) is 53.6 Å². The van der Waals surface area contributed by atoms with Gasteiger partial charge in [-0.2, -0.15) is 4.31 Å². The van der Waals surface area contributed by atoms with Crippen molar-refractivity contribution in [3.8, 4) is 11.5 Å². The molecule has 0 atom stereocenters. The zero-order valence-electron chi connectivity index (χ0n) is 18.1. The monoisotopic (exact) mass is 463 g/mol. The van der Waals surface area contributed by atoms with Crippen molar-refractivity contribution in [3.63, 3.8) is 0 Å². The van der Waals surface area contributed by atoms with Gasteiger partial charge in [0.1, 0.15) is 0 Å². The van der Waals surface area contributed by atoms with Crippen LogP contribution >= 0.6 is 12.2 Å². The van der Waals surface area contributed by atoms with Crippen molar-refractivity contribution in [1.82, 2.24) is 14.5 Å². The molecule has 1 heterocycles. The second-order valence-electron chi connectivity index (χ2n) is 7.38. The zero-order chi connectivity index (χ0) is 22.4. The van der Waals surface area contributed by atoms with Crippen LogP contribution in [0.25, 0.3) is 0 Å². The summed E-state index contributed by atoms with van der Waals surface area (Å²) in [6, 6.07) is 12.8. The van der Waals surface area contributed by atoms with Crippen LogP contribution in [-0.4, -0.2) is 69.7 Å². The third-order valence-corrected chi connectivity index (χ3v) is 7.64. The Balaban J connectivity index is 1.48. The molecule has 1 fully saturated rings. The lowest BCUT2D eigenvalue weighted by molar-refractivity contribution is 0.264. The number of hydrogen-bond donors (Lipinski definition) is 1. The summed E-state index contributed by atoms with van der Waals surface area (Å²) >= 11 is 5.52. The summed E-state index contributed by atoms with van der Waals surface area (Å²) in [5, 5.41) is 3.92. The average molecular weight is 464 g/mol. The van der Waals surface area contributed by atoms with E-state index in [0.29, 0.717) is 54.2 Å². The maximum atomic E-state index is 12.8. The van der Waals surface area contributed by atoms with Gasteiger partial charge in [-0.1, -0.05) is 23.8 Å². The fraction of sp³-hybridized carbons (Fsp3) is 0.409. The minimum Gasteiger partial charge on any atom is -0.493 e. The second-order valence-corrected chi connectivity index (χ2v) is 9.70. The molecule has 31 heavy (non-hydrogen) atoms. The summed E-state index contributed by atoms with van der Waals surface area (Å²) in [4.78, 5) is 2.35. The Kier molecular flexibility index (Phi) is 7.74. The molecule has 1 aliphatic rings. The number of piperazine rings is 1. The summed E-state index contributed by atoms with van der Waals surface area (Å²) in [6.45, 7) is 4.56. The summed E-state index contributed by atoms with van der Waals surface area (Å²) in [7, 11) is -0.239. The Labute approximate surface area is 190 Å². The lowest BCUT2D eigenvalue weighted by Gasteiger charge is -2.35. The molecule has 3 rings (SSSR count). The average Bonchev–Trinajstić information content (AvgIpc) is 2.79. The predicted octanol–water partition coefficient (Wildman–Crippen LogP) is 2.44. The van der Waals surface area contributed by atoms with Crippen LogP contribution in [-0.2, 0) is 16.4 Å². The smallest absolute Gasteiger partial charge is 0.243 e. The Morgan fingerprint density at radius 2 is 1.65 bits per heavy atom. The summed E-state index contributed by atoms with van der Waals surface area (Å²) in [5.41, 5.74) is 2.15. The fourth-order valence-electron chi connectivity index (χ4n) is 3.45. The highest BCUT2D eigenvalue weighted by atomic mass is 32.2. The molecular weight excluding hydrogens is 434 g/mol. The molecule has 0 aliphatic carbocycles. The molecule has 0 spiro atoms. The number of benzene rings is 2. The Morgan fingerprint density at radius 3 is 2.26 bits per heavy atom. The maximum absolute atomic E-state index is 12.8. The van der Waals surface area contributed by atoms with E-state index in [2.05, 4.69) is 5.32 Å². The van der Waals surface area contributed by atoms with Gasteiger partial charge in [0.15, 0.2) is 16.6 Å². The van der Waals surface area contributed by atoms with Gasteiger partial charge in [-0.25, -0.2) is 8.42 Å². The number of aryl methyl sites for hydroxylation is 1. The molecular formula is C22H29N3O4S2. The Hall–Kier alpha value is -2.36. The van der Waals surface area contributed by atoms with E-state index in [4.69, 9.17) is 21.7 Å². The van der Waals surface area contributed by atoms with Crippen molar-refractivity contribution in [2.75, 3.05) is 46.9 Å². The molecule has 0 unspecified atom stereocenters. The van der Waals surface area contributed by atoms with Gasteiger partial charge in [-0.05, 0) is 55.4 Å². The first-order valence-corrected chi connectivity index (χ1v) is 12.0. The SMILES string of the molecule is COc1ccc(CCNC(=S)N2CCN(S(=O)(=O)c3ccc(C)cc3)CC2)cc1OC. The number of ether oxygens (including phenoxy) is 2. The first-order chi connectivity index (χ1) is 14.8. The molecule has 0 aromatic heterocycles. The van der Waals surface area contributed by atoms with Gasteiger partial charge in [0.05, 0.1) is 19.1 Å². The molecule has 1 saturated heterocycles. The van der Waals surface area contributed by atoms with Crippen LogP contribution in [0.2, 0.25) is 0 Å². The maximum Gasteiger partial charge on any atom is 0.243 e. The number of thiocarbonyl (C=S) groups is 1. The first kappa shape index (κ1) is 23.3. The Morgan fingerprint density at radius 1 is 1.00 bits per heavy atom. The molecule has 1 N–H and O–H groups in total. The van der Waals surface area contributed by atoms with E-state index in [-0.39, 0.29) is 0 Å². The van der Waals surface area contributed by atoms with Crippen LogP contribution in [0.3, 0.4) is 0 Å². The molecule has 168 valence electrons. The molecule has 1 aliphatic heterocycles. The number of rotatable bonds is 7. The van der Waals surface area contributed by atoms with Gasteiger partial charge in [-0.3, -0.25) is 0 Å². The number of hydrogen-bond acceptors (Lipinski definition) is 5. The van der Waals surface area contributed by atoms with Gasteiger partial charge in [-0.15, -0.1) is 0 Å². The van der Waals surface area contributed by atoms with E-state index in [0.717, 1.165) is 17.5 Å². The van der Waals surface area contributed by atoms with E-state index in [9.17, 15) is 8.42 Å². The third-order valence-electron chi connectivity index (χ3n) is 5.32. The molecule has 2 aromatic carbocycles. The molecule has 0 bridgehead atoms. The normalized spacial score (nSPS) is 14.9. The molecule has 7 nitrogen and oxygen atoms in total. The highest BCUT2D eigenvalue weighted by molar-refractivity contribution is 7.89. The first-order valence-electron chi connectivity index (χ1n) is 10.2. The fourth-order valence-corrected chi connectivity index (χ4v) is 5.16. The highest BCUT2D eigenvalue weighted by Gasteiger charge is 2.29. The standard InChI is InChI=1S/C22H29N3O4S2/c1-17-4-7-19(8-5-17)31(26,27)25-14-12-24(13-15-25)22(30)23-11-10-18-6-9-20(28-2)21(16-18)29-3/h4-9,16H,10-15H2,1-3H3,(H,23,30). The van der Waals surface area contributed by atoms with Crippen LogP contribution in [0.15, 0.2) is 47.4 Å². The minimum absolute atomic E-state index is 0.335. The molecule has 0 radical (unpaired) electrons. The van der Waals surface area contributed by atoms with Crippen LogP contribution in [0.1, 0.15) is 11.1 Å². The van der Waals surface area contributed by atoms with E-state index < -0.39 is 10.0 Å². The van der Waals surface area contributed by atoms with E-state index >= 15 is 0 Å². The van der Waals surface area contributed by atoms with Crippen LogP contribution in [0.5, 0.6) is 11.5 Å². The van der Waals surface area contributed by atoms with Gasteiger partial charge in [0, 0.05) is 32.7 Å².